The second-order valence-electron chi connectivity index (χ2n) is 3.24. The number of hydrogen-bond donors (Lipinski definition) is 0. The number of carbonyl (C=O) groups is 1. The van der Waals surface area contributed by atoms with Gasteiger partial charge in [0.2, 0.25) is 6.79 Å². The van der Waals surface area contributed by atoms with E-state index in [0.29, 0.717) is 37.0 Å². The van der Waals surface area contributed by atoms with Gasteiger partial charge in [0, 0.05) is 0 Å². The van der Waals surface area contributed by atoms with Crippen molar-refractivity contribution in [1.82, 2.24) is 4.90 Å². The van der Waals surface area contributed by atoms with Crippen LogP contribution in [0.2, 0.25) is 0 Å². The van der Waals surface area contributed by atoms with Gasteiger partial charge in [0.25, 0.3) is 0 Å². The summed E-state index contributed by atoms with van der Waals surface area (Å²) in [4.78, 5) is 12.8. The predicted molar refractivity (Wildman–Crippen MR) is 46.2 cm³/mol. The molecule has 3 aliphatic rings. The third-order valence-corrected chi connectivity index (χ3v) is 2.38. The third-order valence-electron chi connectivity index (χ3n) is 2.38. The van der Waals surface area contributed by atoms with Gasteiger partial charge in [-0.3, -0.25) is 4.90 Å². The van der Waals surface area contributed by atoms with E-state index < -0.39 is 0 Å². The Morgan fingerprint density at radius 1 is 1.27 bits per heavy atom. The third kappa shape index (κ3) is 1.21. The van der Waals surface area contributed by atoms with Gasteiger partial charge < -0.3 is 18.9 Å². The van der Waals surface area contributed by atoms with Gasteiger partial charge in [-0.15, -0.1) is 0 Å². The smallest absolute Gasteiger partial charge is 0.414 e. The standard InChI is InChI=1S/C9H9NO5/c11-9-10(1-2-13-9)6-3-12-4-7-8(6)15-5-14-7/h3H,1-2,4-5H2. The van der Waals surface area contributed by atoms with E-state index in [1.807, 2.05) is 0 Å². The lowest BCUT2D eigenvalue weighted by Gasteiger charge is -2.19. The number of carbonyl (C=O) groups excluding carboxylic acids is 1. The van der Waals surface area contributed by atoms with E-state index in [2.05, 4.69) is 0 Å². The molecule has 0 spiro atoms. The molecule has 0 atom stereocenters. The van der Waals surface area contributed by atoms with E-state index in [1.165, 1.54) is 11.2 Å². The van der Waals surface area contributed by atoms with Crippen molar-refractivity contribution in [3.05, 3.63) is 23.5 Å². The molecule has 6 heteroatoms. The largest absolute Gasteiger partial charge is 0.491 e. The molecule has 1 fully saturated rings. The molecule has 3 rings (SSSR count). The minimum Gasteiger partial charge on any atom is -0.491 e. The first-order valence-electron chi connectivity index (χ1n) is 4.61. The van der Waals surface area contributed by atoms with Crippen molar-refractivity contribution in [2.45, 2.75) is 0 Å². The van der Waals surface area contributed by atoms with Crippen LogP contribution < -0.4 is 0 Å². The zero-order valence-electron chi connectivity index (χ0n) is 7.89. The fraction of sp³-hybridized carbons (Fsp3) is 0.444. The predicted octanol–water partition coefficient (Wildman–Crippen LogP) is 0.526. The number of amides is 1. The van der Waals surface area contributed by atoms with E-state index in [1.54, 1.807) is 0 Å². The van der Waals surface area contributed by atoms with Gasteiger partial charge in [-0.1, -0.05) is 0 Å². The Balaban J connectivity index is 1.92. The summed E-state index contributed by atoms with van der Waals surface area (Å²) in [5.41, 5.74) is 0.580. The highest BCUT2D eigenvalue weighted by Crippen LogP contribution is 2.30. The van der Waals surface area contributed by atoms with Crippen LogP contribution in [-0.4, -0.2) is 37.5 Å². The Kier molecular flexibility index (Phi) is 1.74. The normalized spacial score (nSPS) is 23.9. The average Bonchev–Trinajstić information content (AvgIpc) is 2.85. The van der Waals surface area contributed by atoms with Gasteiger partial charge in [-0.25, -0.2) is 4.79 Å². The zero-order chi connectivity index (χ0) is 10.3. The molecule has 0 saturated carbocycles. The Bertz CT molecular complexity index is 373. The van der Waals surface area contributed by atoms with Gasteiger partial charge in [-0.05, 0) is 0 Å². The maximum atomic E-state index is 11.4. The second kappa shape index (κ2) is 3.08. The average molecular weight is 211 g/mol. The second-order valence-corrected chi connectivity index (χ2v) is 3.24. The van der Waals surface area contributed by atoms with Crippen molar-refractivity contribution in [2.75, 3.05) is 26.6 Å². The summed E-state index contributed by atoms with van der Waals surface area (Å²) in [5, 5.41) is 0. The molecular weight excluding hydrogens is 202 g/mol. The van der Waals surface area contributed by atoms with Crippen molar-refractivity contribution in [3.8, 4) is 0 Å². The van der Waals surface area contributed by atoms with Crippen LogP contribution in [0.5, 0.6) is 0 Å². The van der Waals surface area contributed by atoms with Crippen molar-refractivity contribution in [2.24, 2.45) is 0 Å². The molecule has 1 amide bonds. The van der Waals surface area contributed by atoms with Crippen LogP contribution in [0.4, 0.5) is 4.79 Å². The van der Waals surface area contributed by atoms with Crippen molar-refractivity contribution in [3.63, 3.8) is 0 Å². The highest BCUT2D eigenvalue weighted by Gasteiger charge is 2.35. The van der Waals surface area contributed by atoms with E-state index in [4.69, 9.17) is 18.9 Å². The van der Waals surface area contributed by atoms with Crippen molar-refractivity contribution >= 4 is 6.09 Å². The van der Waals surface area contributed by atoms with Gasteiger partial charge in [-0.2, -0.15) is 0 Å². The lowest BCUT2D eigenvalue weighted by atomic mass is 10.2. The van der Waals surface area contributed by atoms with Crippen LogP contribution in [-0.2, 0) is 18.9 Å². The van der Waals surface area contributed by atoms with Crippen LogP contribution in [0.1, 0.15) is 0 Å². The molecule has 0 bridgehead atoms. The Morgan fingerprint density at radius 2 is 2.20 bits per heavy atom. The molecule has 15 heavy (non-hydrogen) atoms. The van der Waals surface area contributed by atoms with Crippen LogP contribution in [0.3, 0.4) is 0 Å². The lowest BCUT2D eigenvalue weighted by Crippen LogP contribution is -2.27. The van der Waals surface area contributed by atoms with Gasteiger partial charge in [0.1, 0.15) is 25.2 Å². The Hall–Kier alpha value is -1.85. The van der Waals surface area contributed by atoms with E-state index >= 15 is 0 Å². The molecule has 0 aromatic rings. The number of rotatable bonds is 1. The molecule has 0 aromatic heterocycles. The monoisotopic (exact) mass is 211 g/mol. The molecule has 0 N–H and O–H groups in total. The fourth-order valence-corrected chi connectivity index (χ4v) is 1.68. The number of hydrogen-bond acceptors (Lipinski definition) is 5. The van der Waals surface area contributed by atoms with E-state index in [-0.39, 0.29) is 12.9 Å². The minimum atomic E-state index is -0.380. The summed E-state index contributed by atoms with van der Waals surface area (Å²) in [6, 6.07) is 0. The number of nitrogens with zero attached hydrogens (tertiary/aromatic N) is 1. The SMILES string of the molecule is O=C1OCCN1C1=COCC2=C1OCO2. The summed E-state index contributed by atoms with van der Waals surface area (Å²) in [5.74, 6) is 1.22. The first-order valence-corrected chi connectivity index (χ1v) is 4.61. The molecule has 3 heterocycles. The van der Waals surface area contributed by atoms with Gasteiger partial charge in [0.05, 0.1) is 6.54 Å². The topological polar surface area (TPSA) is 57.2 Å². The van der Waals surface area contributed by atoms with Gasteiger partial charge >= 0.3 is 6.09 Å². The maximum absolute atomic E-state index is 11.4. The molecule has 0 radical (unpaired) electrons. The maximum Gasteiger partial charge on any atom is 0.414 e. The summed E-state index contributed by atoms with van der Waals surface area (Å²) < 4.78 is 20.5. The summed E-state index contributed by atoms with van der Waals surface area (Å²) in [6.45, 7) is 1.42. The number of ether oxygens (including phenoxy) is 4. The quantitative estimate of drug-likeness (QED) is 0.633. The highest BCUT2D eigenvalue weighted by atomic mass is 16.7. The summed E-state index contributed by atoms with van der Waals surface area (Å²) in [6.07, 6.45) is 1.12. The molecule has 6 nitrogen and oxygen atoms in total. The summed E-state index contributed by atoms with van der Waals surface area (Å²) >= 11 is 0. The van der Waals surface area contributed by atoms with E-state index in [0.717, 1.165) is 0 Å². The number of cyclic esters (lactones) is 1. The summed E-state index contributed by atoms with van der Waals surface area (Å²) in [7, 11) is 0. The Labute approximate surface area is 85.6 Å². The van der Waals surface area contributed by atoms with Crippen LogP contribution in [0.15, 0.2) is 23.5 Å². The molecule has 0 aliphatic carbocycles. The Morgan fingerprint density at radius 3 is 3.00 bits per heavy atom. The molecule has 0 aromatic carbocycles. The zero-order valence-corrected chi connectivity index (χ0v) is 7.89. The first kappa shape index (κ1) is 8.46. The van der Waals surface area contributed by atoms with E-state index in [9.17, 15) is 4.79 Å². The minimum absolute atomic E-state index is 0.175. The first-order chi connectivity index (χ1) is 7.36. The molecule has 80 valence electrons. The van der Waals surface area contributed by atoms with Crippen LogP contribution in [0, 0.1) is 0 Å². The fourth-order valence-electron chi connectivity index (χ4n) is 1.68. The lowest BCUT2D eigenvalue weighted by molar-refractivity contribution is 0.0649. The van der Waals surface area contributed by atoms with Gasteiger partial charge in [0.15, 0.2) is 11.5 Å². The molecular formula is C9H9NO5. The highest BCUT2D eigenvalue weighted by molar-refractivity contribution is 5.73. The molecule has 0 unspecified atom stereocenters. The van der Waals surface area contributed by atoms with Crippen molar-refractivity contribution < 1.29 is 23.7 Å². The van der Waals surface area contributed by atoms with Crippen molar-refractivity contribution in [1.29, 1.82) is 0 Å². The van der Waals surface area contributed by atoms with Crippen LogP contribution in [0.25, 0.3) is 0 Å². The van der Waals surface area contributed by atoms with Crippen LogP contribution >= 0.6 is 0 Å². The molecule has 1 saturated heterocycles. The molecule has 3 aliphatic heterocycles.